The lowest BCUT2D eigenvalue weighted by Crippen LogP contribution is -2.06. The predicted octanol–water partition coefficient (Wildman–Crippen LogP) is 3.35. The number of sulfone groups is 1. The van der Waals surface area contributed by atoms with Gasteiger partial charge in [-0.25, -0.2) is 12.8 Å². The molecule has 21 heavy (non-hydrogen) atoms. The van der Waals surface area contributed by atoms with Crippen molar-refractivity contribution < 1.29 is 12.8 Å². The van der Waals surface area contributed by atoms with Gasteiger partial charge in [-0.1, -0.05) is 24.3 Å². The van der Waals surface area contributed by atoms with E-state index in [9.17, 15) is 12.8 Å². The quantitative estimate of drug-likeness (QED) is 0.697. The van der Waals surface area contributed by atoms with Crippen LogP contribution < -0.4 is 0 Å². The average Bonchev–Trinajstić information content (AvgIpc) is 2.47. The molecule has 0 unspecified atom stereocenters. The minimum Gasteiger partial charge on any atom is -0.252 e. The number of pyridine rings is 1. The Labute approximate surface area is 122 Å². The van der Waals surface area contributed by atoms with E-state index in [0.29, 0.717) is 5.69 Å². The summed E-state index contributed by atoms with van der Waals surface area (Å²) in [6.07, 6.45) is 0. The van der Waals surface area contributed by atoms with Crippen LogP contribution in [0, 0.1) is 5.82 Å². The fraction of sp³-hybridized carbons (Fsp3) is 0.0625. The van der Waals surface area contributed by atoms with Gasteiger partial charge in [-0.3, -0.25) is 4.98 Å². The monoisotopic (exact) mass is 301 g/mol. The molecule has 1 heterocycles. The van der Waals surface area contributed by atoms with Gasteiger partial charge < -0.3 is 0 Å². The van der Waals surface area contributed by atoms with E-state index in [1.165, 1.54) is 12.1 Å². The molecule has 0 fully saturated rings. The molecule has 0 aliphatic rings. The number of rotatable bonds is 3. The third kappa shape index (κ3) is 2.92. The van der Waals surface area contributed by atoms with Crippen molar-refractivity contribution in [2.75, 3.05) is 0 Å². The molecule has 0 saturated carbocycles. The van der Waals surface area contributed by atoms with Crippen LogP contribution in [0.15, 0.2) is 65.6 Å². The zero-order chi connectivity index (χ0) is 14.9. The Morgan fingerprint density at radius 2 is 1.62 bits per heavy atom. The number of halogens is 1. The molecule has 0 bridgehead atoms. The first-order chi connectivity index (χ1) is 10.0. The summed E-state index contributed by atoms with van der Waals surface area (Å²) < 4.78 is 37.4. The molecule has 3 aromatic rings. The summed E-state index contributed by atoms with van der Waals surface area (Å²) in [5.41, 5.74) is 1.22. The molecular weight excluding hydrogens is 289 g/mol. The second kappa shape index (κ2) is 5.26. The van der Waals surface area contributed by atoms with E-state index in [0.717, 1.165) is 23.0 Å². The molecule has 0 atom stereocenters. The summed E-state index contributed by atoms with van der Waals surface area (Å²) in [4.78, 5) is 4.45. The molecule has 0 saturated heterocycles. The second-order valence-corrected chi connectivity index (χ2v) is 6.70. The van der Waals surface area contributed by atoms with Gasteiger partial charge in [0.25, 0.3) is 0 Å². The highest BCUT2D eigenvalue weighted by atomic mass is 32.2. The summed E-state index contributed by atoms with van der Waals surface area (Å²) in [6.45, 7) is 0. The normalized spacial score (nSPS) is 11.7. The maximum absolute atomic E-state index is 12.9. The SMILES string of the molecule is O=S(=O)(Cc1ccc2ccccc2n1)c1ccc(F)cc1. The highest BCUT2D eigenvalue weighted by Gasteiger charge is 2.16. The molecule has 0 spiro atoms. The van der Waals surface area contributed by atoms with E-state index in [2.05, 4.69) is 4.98 Å². The van der Waals surface area contributed by atoms with Gasteiger partial charge in [-0.05, 0) is 36.4 Å². The highest BCUT2D eigenvalue weighted by Crippen LogP contribution is 2.18. The van der Waals surface area contributed by atoms with Crippen LogP contribution in [-0.2, 0) is 15.6 Å². The standard InChI is InChI=1S/C16H12FNO2S/c17-13-6-9-15(10-7-13)21(19,20)11-14-8-5-12-3-1-2-4-16(12)18-14/h1-10H,11H2. The van der Waals surface area contributed by atoms with Crippen molar-refractivity contribution >= 4 is 20.7 Å². The predicted molar refractivity (Wildman–Crippen MR) is 79.0 cm³/mol. The van der Waals surface area contributed by atoms with Gasteiger partial charge in [0, 0.05) is 5.39 Å². The molecule has 5 heteroatoms. The molecule has 1 aromatic heterocycles. The number of fused-ring (bicyclic) bond motifs is 1. The summed E-state index contributed by atoms with van der Waals surface area (Å²) in [5.74, 6) is -0.665. The molecule has 0 radical (unpaired) electrons. The highest BCUT2D eigenvalue weighted by molar-refractivity contribution is 7.90. The molecule has 0 aliphatic heterocycles. The fourth-order valence-electron chi connectivity index (χ4n) is 2.11. The minimum absolute atomic E-state index is 0.0962. The summed E-state index contributed by atoms with van der Waals surface area (Å²) in [5, 5.41) is 0.959. The van der Waals surface area contributed by atoms with Gasteiger partial charge in [-0.2, -0.15) is 0 Å². The lowest BCUT2D eigenvalue weighted by molar-refractivity contribution is 0.593. The van der Waals surface area contributed by atoms with Crippen LogP contribution in [0.2, 0.25) is 0 Å². The lowest BCUT2D eigenvalue weighted by Gasteiger charge is -2.05. The number of aromatic nitrogens is 1. The van der Waals surface area contributed by atoms with Crippen molar-refractivity contribution in [3.05, 3.63) is 72.2 Å². The van der Waals surface area contributed by atoms with Gasteiger partial charge in [0.1, 0.15) is 5.82 Å². The molecule has 0 aliphatic carbocycles. The van der Waals surface area contributed by atoms with Crippen molar-refractivity contribution in [3.8, 4) is 0 Å². The Morgan fingerprint density at radius 3 is 2.38 bits per heavy atom. The Hall–Kier alpha value is -2.27. The van der Waals surface area contributed by atoms with E-state index in [1.54, 1.807) is 6.07 Å². The summed E-state index contributed by atoms with van der Waals surface area (Å²) in [6, 6.07) is 15.9. The number of nitrogens with zero attached hydrogens (tertiary/aromatic N) is 1. The summed E-state index contributed by atoms with van der Waals surface area (Å²) >= 11 is 0. The van der Waals surface area contributed by atoms with Gasteiger partial charge >= 0.3 is 0 Å². The smallest absolute Gasteiger partial charge is 0.184 e. The maximum Gasteiger partial charge on any atom is 0.184 e. The first-order valence-electron chi connectivity index (χ1n) is 6.38. The van der Waals surface area contributed by atoms with Crippen molar-refractivity contribution in [1.82, 2.24) is 4.98 Å². The van der Waals surface area contributed by atoms with Gasteiger partial charge in [-0.15, -0.1) is 0 Å². The molecular formula is C16H12FNO2S. The Kier molecular flexibility index (Phi) is 3.43. The van der Waals surface area contributed by atoms with E-state index in [4.69, 9.17) is 0 Å². The maximum atomic E-state index is 12.9. The van der Waals surface area contributed by atoms with Gasteiger partial charge in [0.15, 0.2) is 9.84 Å². The zero-order valence-electron chi connectivity index (χ0n) is 11.0. The third-order valence-electron chi connectivity index (χ3n) is 3.17. The molecule has 3 nitrogen and oxygen atoms in total. The Balaban J connectivity index is 1.95. The van der Waals surface area contributed by atoms with Crippen molar-refractivity contribution in [3.63, 3.8) is 0 Å². The Bertz CT molecular complexity index is 890. The fourth-order valence-corrected chi connectivity index (χ4v) is 3.38. The first kappa shape index (κ1) is 13.7. The van der Waals surface area contributed by atoms with Crippen molar-refractivity contribution in [2.45, 2.75) is 10.6 Å². The van der Waals surface area contributed by atoms with Crippen LogP contribution in [0.5, 0.6) is 0 Å². The molecule has 0 amide bonds. The molecule has 2 aromatic carbocycles. The largest absolute Gasteiger partial charge is 0.252 e. The van der Waals surface area contributed by atoms with Gasteiger partial charge in [0.2, 0.25) is 0 Å². The lowest BCUT2D eigenvalue weighted by atomic mass is 10.2. The third-order valence-corrected chi connectivity index (χ3v) is 4.83. The summed E-state index contributed by atoms with van der Waals surface area (Å²) in [7, 11) is -3.53. The van der Waals surface area contributed by atoms with E-state index in [-0.39, 0.29) is 10.6 Å². The molecule has 0 N–H and O–H groups in total. The topological polar surface area (TPSA) is 47.0 Å². The van der Waals surface area contributed by atoms with E-state index in [1.807, 2.05) is 30.3 Å². The van der Waals surface area contributed by atoms with Crippen LogP contribution >= 0.6 is 0 Å². The van der Waals surface area contributed by atoms with Crippen LogP contribution in [0.25, 0.3) is 10.9 Å². The van der Waals surface area contributed by atoms with E-state index < -0.39 is 15.7 Å². The number of para-hydroxylation sites is 1. The van der Waals surface area contributed by atoms with Crippen molar-refractivity contribution in [2.24, 2.45) is 0 Å². The second-order valence-electron chi connectivity index (χ2n) is 4.71. The van der Waals surface area contributed by atoms with Crippen LogP contribution in [-0.4, -0.2) is 13.4 Å². The van der Waals surface area contributed by atoms with Crippen LogP contribution in [0.1, 0.15) is 5.69 Å². The van der Waals surface area contributed by atoms with Crippen molar-refractivity contribution in [1.29, 1.82) is 0 Å². The van der Waals surface area contributed by atoms with E-state index >= 15 is 0 Å². The first-order valence-corrected chi connectivity index (χ1v) is 8.03. The van der Waals surface area contributed by atoms with Crippen LogP contribution in [0.3, 0.4) is 0 Å². The minimum atomic E-state index is -3.53. The molecule has 106 valence electrons. The van der Waals surface area contributed by atoms with Gasteiger partial charge in [0.05, 0.1) is 21.9 Å². The number of hydrogen-bond donors (Lipinski definition) is 0. The Morgan fingerprint density at radius 1 is 0.905 bits per heavy atom. The van der Waals surface area contributed by atoms with Crippen LogP contribution in [0.4, 0.5) is 4.39 Å². The number of hydrogen-bond acceptors (Lipinski definition) is 3. The molecule has 3 rings (SSSR count). The number of benzene rings is 2. The zero-order valence-corrected chi connectivity index (χ0v) is 11.8. The average molecular weight is 301 g/mol.